The topological polar surface area (TPSA) is 61.9 Å². The number of rotatable bonds is 8. The van der Waals surface area contributed by atoms with E-state index in [0.29, 0.717) is 42.0 Å². The van der Waals surface area contributed by atoms with Crippen molar-refractivity contribution in [1.29, 1.82) is 0 Å². The summed E-state index contributed by atoms with van der Waals surface area (Å²) in [5.41, 5.74) is 1.77. The summed E-state index contributed by atoms with van der Waals surface area (Å²) in [6, 6.07) is 22.3. The molecule has 0 bridgehead atoms. The molecule has 2 amide bonds. The molecular weight excluding hydrogens is 543 g/mol. The van der Waals surface area contributed by atoms with Crippen LogP contribution < -0.4 is 10.1 Å². The molecule has 3 heterocycles. The van der Waals surface area contributed by atoms with E-state index in [-0.39, 0.29) is 11.9 Å². The van der Waals surface area contributed by atoms with E-state index in [0.717, 1.165) is 50.0 Å². The highest BCUT2D eigenvalue weighted by molar-refractivity contribution is 5.98. The fourth-order valence-electron chi connectivity index (χ4n) is 6.79. The standard InChI is InChI=1S/C33H34F3N3O3/c34-33(35,36)22-37-31(41)32(26-11-3-5-13-28(26)42-29-14-6-4-12-27(29)32)17-7-8-18-38-19-15-24(16-20-38)39-21-23-9-1-2-10-25(23)30(39)40/h1-6,9-14,24H,7-8,15-22H2,(H,37,41). The lowest BCUT2D eigenvalue weighted by atomic mass is 9.68. The molecule has 3 aliphatic rings. The lowest BCUT2D eigenvalue weighted by Crippen LogP contribution is -2.49. The number of carbonyl (C=O) groups excluding carboxylic acids is 2. The van der Waals surface area contributed by atoms with E-state index in [2.05, 4.69) is 10.2 Å². The summed E-state index contributed by atoms with van der Waals surface area (Å²) in [7, 11) is 0. The molecule has 0 atom stereocenters. The third-order valence-electron chi connectivity index (χ3n) is 8.87. The van der Waals surface area contributed by atoms with E-state index >= 15 is 0 Å². The Bertz CT molecular complexity index is 1420. The fraction of sp³-hybridized carbons (Fsp3) is 0.394. The third-order valence-corrected chi connectivity index (χ3v) is 8.87. The van der Waals surface area contributed by atoms with Crippen molar-refractivity contribution >= 4 is 11.8 Å². The Morgan fingerprint density at radius 3 is 2.17 bits per heavy atom. The number of hydrogen-bond acceptors (Lipinski definition) is 4. The number of ether oxygens (including phenoxy) is 1. The Morgan fingerprint density at radius 1 is 0.905 bits per heavy atom. The molecule has 0 unspecified atom stereocenters. The van der Waals surface area contributed by atoms with Gasteiger partial charge in [-0.15, -0.1) is 0 Å². The van der Waals surface area contributed by atoms with Gasteiger partial charge in [0.25, 0.3) is 5.91 Å². The summed E-state index contributed by atoms with van der Waals surface area (Å²) in [6.07, 6.45) is -0.926. The maximum absolute atomic E-state index is 13.7. The zero-order chi connectivity index (χ0) is 29.3. The lowest BCUT2D eigenvalue weighted by molar-refractivity contribution is -0.141. The van der Waals surface area contributed by atoms with Crippen molar-refractivity contribution in [3.63, 3.8) is 0 Å². The maximum Gasteiger partial charge on any atom is 0.405 e. The van der Waals surface area contributed by atoms with Crippen molar-refractivity contribution in [1.82, 2.24) is 15.1 Å². The van der Waals surface area contributed by atoms with Crippen molar-refractivity contribution in [3.8, 4) is 11.5 Å². The van der Waals surface area contributed by atoms with E-state index in [1.807, 2.05) is 29.2 Å². The first-order valence-electron chi connectivity index (χ1n) is 14.6. The number of nitrogens with zero attached hydrogens (tertiary/aromatic N) is 2. The number of carbonyl (C=O) groups is 2. The molecule has 0 spiro atoms. The van der Waals surface area contributed by atoms with Gasteiger partial charge in [-0.2, -0.15) is 13.2 Å². The van der Waals surface area contributed by atoms with Crippen LogP contribution in [0.5, 0.6) is 11.5 Å². The van der Waals surface area contributed by atoms with Gasteiger partial charge in [-0.25, -0.2) is 0 Å². The number of piperidine rings is 1. The number of nitrogens with one attached hydrogen (secondary N) is 1. The molecule has 0 radical (unpaired) electrons. The van der Waals surface area contributed by atoms with Gasteiger partial charge in [0.1, 0.15) is 23.5 Å². The summed E-state index contributed by atoms with van der Waals surface area (Å²) in [5, 5.41) is 2.18. The van der Waals surface area contributed by atoms with Crippen LogP contribution in [0.25, 0.3) is 0 Å². The monoisotopic (exact) mass is 577 g/mol. The summed E-state index contributed by atoms with van der Waals surface area (Å²) < 4.78 is 45.6. The number of fused-ring (bicyclic) bond motifs is 3. The Balaban J connectivity index is 1.12. The highest BCUT2D eigenvalue weighted by atomic mass is 19.4. The first-order chi connectivity index (χ1) is 20.3. The smallest absolute Gasteiger partial charge is 0.405 e. The van der Waals surface area contributed by atoms with E-state index in [1.165, 1.54) is 0 Å². The average Bonchev–Trinajstić information content (AvgIpc) is 3.33. The van der Waals surface area contributed by atoms with E-state index in [4.69, 9.17) is 4.74 Å². The number of likely N-dealkylation sites (tertiary alicyclic amines) is 1. The molecule has 42 heavy (non-hydrogen) atoms. The van der Waals surface area contributed by atoms with Crippen LogP contribution in [0.4, 0.5) is 13.2 Å². The van der Waals surface area contributed by atoms with Gasteiger partial charge in [0.05, 0.1) is 0 Å². The molecule has 0 aliphatic carbocycles. The van der Waals surface area contributed by atoms with Crippen molar-refractivity contribution < 1.29 is 27.5 Å². The summed E-state index contributed by atoms with van der Waals surface area (Å²) in [4.78, 5) is 31.0. The molecular formula is C33H34F3N3O3. The zero-order valence-corrected chi connectivity index (χ0v) is 23.3. The molecule has 6 nitrogen and oxygen atoms in total. The molecule has 220 valence electrons. The molecule has 1 fully saturated rings. The molecule has 1 N–H and O–H groups in total. The molecule has 3 aliphatic heterocycles. The minimum atomic E-state index is -4.52. The lowest BCUT2D eigenvalue weighted by Gasteiger charge is -2.39. The first kappa shape index (κ1) is 28.3. The predicted octanol–water partition coefficient (Wildman–Crippen LogP) is 6.05. The number of benzene rings is 3. The van der Waals surface area contributed by atoms with Crippen molar-refractivity contribution in [2.75, 3.05) is 26.2 Å². The van der Waals surface area contributed by atoms with Crippen LogP contribution >= 0.6 is 0 Å². The quantitative estimate of drug-likeness (QED) is 0.332. The van der Waals surface area contributed by atoms with Gasteiger partial charge in [-0.05, 0) is 56.0 Å². The Kier molecular flexibility index (Phi) is 7.70. The second kappa shape index (κ2) is 11.4. The molecule has 3 aromatic carbocycles. The van der Waals surface area contributed by atoms with Crippen LogP contribution in [0.15, 0.2) is 72.8 Å². The third kappa shape index (κ3) is 5.38. The number of unbranched alkanes of at least 4 members (excludes halogenated alkanes) is 1. The number of amides is 2. The number of para-hydroxylation sites is 2. The zero-order valence-electron chi connectivity index (χ0n) is 23.3. The molecule has 1 saturated heterocycles. The van der Waals surface area contributed by atoms with Crippen LogP contribution in [0, 0.1) is 0 Å². The normalized spacial score (nSPS) is 18.2. The Morgan fingerprint density at radius 2 is 1.52 bits per heavy atom. The molecule has 6 rings (SSSR count). The van der Waals surface area contributed by atoms with Gasteiger partial charge in [0.15, 0.2) is 0 Å². The number of halogens is 3. The Labute approximate surface area is 243 Å². The predicted molar refractivity (Wildman–Crippen MR) is 152 cm³/mol. The summed E-state index contributed by atoms with van der Waals surface area (Å²) in [5.74, 6) is 0.424. The van der Waals surface area contributed by atoms with E-state index in [1.54, 1.807) is 48.5 Å². The van der Waals surface area contributed by atoms with Crippen LogP contribution in [-0.4, -0.2) is 60.0 Å². The minimum Gasteiger partial charge on any atom is -0.457 e. The van der Waals surface area contributed by atoms with Crippen molar-refractivity contribution in [3.05, 3.63) is 95.1 Å². The summed E-state index contributed by atoms with van der Waals surface area (Å²) in [6.45, 7) is 1.85. The van der Waals surface area contributed by atoms with Gasteiger partial charge in [0, 0.05) is 42.4 Å². The Hall–Kier alpha value is -3.85. The van der Waals surface area contributed by atoms with Crippen LogP contribution in [0.3, 0.4) is 0 Å². The summed E-state index contributed by atoms with van der Waals surface area (Å²) >= 11 is 0. The average molecular weight is 578 g/mol. The van der Waals surface area contributed by atoms with Gasteiger partial charge in [-0.3, -0.25) is 9.59 Å². The highest BCUT2D eigenvalue weighted by Gasteiger charge is 2.48. The number of alkyl halides is 3. The highest BCUT2D eigenvalue weighted by Crippen LogP contribution is 2.50. The molecule has 3 aromatic rings. The minimum absolute atomic E-state index is 0.121. The first-order valence-corrected chi connectivity index (χ1v) is 14.6. The van der Waals surface area contributed by atoms with Gasteiger partial charge >= 0.3 is 6.18 Å². The van der Waals surface area contributed by atoms with Gasteiger partial charge in [0.2, 0.25) is 5.91 Å². The molecule has 0 saturated carbocycles. The van der Waals surface area contributed by atoms with E-state index < -0.39 is 24.0 Å². The second-order valence-electron chi connectivity index (χ2n) is 11.4. The van der Waals surface area contributed by atoms with Gasteiger partial charge < -0.3 is 19.9 Å². The van der Waals surface area contributed by atoms with Crippen LogP contribution in [0.2, 0.25) is 0 Å². The van der Waals surface area contributed by atoms with E-state index in [9.17, 15) is 22.8 Å². The SMILES string of the molecule is O=C1c2ccccc2CN1C1CCN(CCCCC2(C(=O)NCC(F)(F)F)c3ccccc3Oc3ccccc32)CC1. The molecule has 9 heteroatoms. The number of hydrogen-bond donors (Lipinski definition) is 1. The molecule has 0 aromatic heterocycles. The maximum atomic E-state index is 13.7. The largest absolute Gasteiger partial charge is 0.457 e. The second-order valence-corrected chi connectivity index (χ2v) is 11.4. The van der Waals surface area contributed by atoms with Crippen molar-refractivity contribution in [2.45, 2.75) is 56.3 Å². The van der Waals surface area contributed by atoms with Crippen LogP contribution in [0.1, 0.15) is 59.2 Å². The van der Waals surface area contributed by atoms with Crippen LogP contribution in [-0.2, 0) is 16.8 Å². The van der Waals surface area contributed by atoms with Gasteiger partial charge in [-0.1, -0.05) is 61.0 Å². The van der Waals surface area contributed by atoms with Crippen molar-refractivity contribution in [2.24, 2.45) is 0 Å². The fourth-order valence-corrected chi connectivity index (χ4v) is 6.79.